The van der Waals surface area contributed by atoms with Gasteiger partial charge in [0.1, 0.15) is 5.76 Å². The van der Waals surface area contributed by atoms with E-state index in [-0.39, 0.29) is 29.0 Å². The zero-order valence-corrected chi connectivity index (χ0v) is 21.7. The number of carboxylic acid groups (broad SMARTS) is 1. The highest BCUT2D eigenvalue weighted by molar-refractivity contribution is 9.10. The lowest BCUT2D eigenvalue weighted by Gasteiger charge is -1.98. The minimum atomic E-state index is -1.34. The maximum absolute atomic E-state index is 11.1. The molecule has 2 heterocycles. The van der Waals surface area contributed by atoms with E-state index >= 15 is 0 Å². The van der Waals surface area contributed by atoms with Crippen LogP contribution in [0.3, 0.4) is 0 Å². The Morgan fingerprint density at radius 1 is 0.789 bits per heavy atom. The molecule has 0 spiro atoms. The molecular formula is C26H22BBrO10. The van der Waals surface area contributed by atoms with Crippen LogP contribution in [0.15, 0.2) is 92.4 Å². The Bertz CT molecular complexity index is 1370. The Kier molecular flexibility index (Phi) is 13.7. The molecule has 0 aliphatic carbocycles. The van der Waals surface area contributed by atoms with E-state index in [1.807, 2.05) is 6.07 Å². The van der Waals surface area contributed by atoms with E-state index < -0.39 is 13.1 Å². The minimum Gasteiger partial charge on any atom is -0.478 e. The summed E-state index contributed by atoms with van der Waals surface area (Å²) < 4.78 is 10.8. The summed E-state index contributed by atoms with van der Waals surface area (Å²) in [5, 5.41) is 26.0. The molecule has 12 heteroatoms. The SMILES string of the molecule is CC(=O)c1ccc(-c2cccc(C(=O)O)c2)o1.CC(=O)c1ccc(Br)o1.O=C=O.OB(O)c1ccccc1. The molecule has 0 radical (unpaired) electrons. The first-order chi connectivity index (χ1) is 18.0. The number of carboxylic acids is 1. The molecular weight excluding hydrogens is 563 g/mol. The monoisotopic (exact) mass is 584 g/mol. The quantitative estimate of drug-likeness (QED) is 0.231. The van der Waals surface area contributed by atoms with Gasteiger partial charge in [-0.2, -0.15) is 9.59 Å². The van der Waals surface area contributed by atoms with Crippen molar-refractivity contribution in [2.45, 2.75) is 13.8 Å². The topological polar surface area (TPSA) is 172 Å². The summed E-state index contributed by atoms with van der Waals surface area (Å²) in [6.07, 6.45) is 0.250. The summed E-state index contributed by atoms with van der Waals surface area (Å²) in [6, 6.07) is 21.6. The predicted molar refractivity (Wildman–Crippen MR) is 139 cm³/mol. The number of furan rings is 2. The Labute approximate surface area is 225 Å². The average Bonchev–Trinajstić information content (AvgIpc) is 3.56. The minimum absolute atomic E-state index is 0.0549. The van der Waals surface area contributed by atoms with E-state index in [1.54, 1.807) is 60.7 Å². The van der Waals surface area contributed by atoms with Gasteiger partial charge in [0.15, 0.2) is 27.8 Å². The van der Waals surface area contributed by atoms with Crippen LogP contribution in [0.4, 0.5) is 0 Å². The molecule has 0 unspecified atom stereocenters. The number of Topliss-reactive ketones (excluding diaryl/α,β-unsaturated/α-hetero) is 2. The molecule has 0 aliphatic heterocycles. The van der Waals surface area contributed by atoms with Gasteiger partial charge in [-0.1, -0.05) is 42.5 Å². The first kappa shape index (κ1) is 31.7. The highest BCUT2D eigenvalue weighted by Gasteiger charge is 2.10. The standard InChI is InChI=1S/C13H10O4.C6H7BO2.C6H5BrO2.CO2/c1-8(14)11-5-6-12(17-11)9-3-2-4-10(7-9)13(15)16;8-7(9)6-4-2-1-3-5-6;1-4(8)5-2-3-6(7)9-5;2-1-3/h2-7H,1H3,(H,15,16);1-5,8-9H;2-3H,1H3;. The fourth-order valence-electron chi connectivity index (χ4n) is 2.62. The third-order valence-electron chi connectivity index (χ3n) is 4.36. The molecule has 0 saturated heterocycles. The van der Waals surface area contributed by atoms with Crippen LogP contribution in [-0.2, 0) is 9.59 Å². The van der Waals surface area contributed by atoms with Gasteiger partial charge in [0, 0.05) is 19.4 Å². The fourth-order valence-corrected chi connectivity index (χ4v) is 2.92. The maximum atomic E-state index is 11.1. The second kappa shape index (κ2) is 16.4. The molecule has 2 aromatic carbocycles. The van der Waals surface area contributed by atoms with Crippen molar-refractivity contribution >= 4 is 52.2 Å². The van der Waals surface area contributed by atoms with Crippen molar-refractivity contribution in [1.29, 1.82) is 0 Å². The highest BCUT2D eigenvalue weighted by atomic mass is 79.9. The number of aromatic carboxylic acids is 1. The number of ketones is 2. The van der Waals surface area contributed by atoms with Gasteiger partial charge in [0.05, 0.1) is 5.56 Å². The lowest BCUT2D eigenvalue weighted by molar-refractivity contribution is -0.191. The smallest absolute Gasteiger partial charge is 0.478 e. The van der Waals surface area contributed by atoms with Crippen molar-refractivity contribution in [3.8, 4) is 11.3 Å². The number of carbonyl (C=O) groups excluding carboxylic acids is 4. The van der Waals surface area contributed by atoms with Crippen molar-refractivity contribution in [1.82, 2.24) is 0 Å². The molecule has 0 bridgehead atoms. The summed E-state index contributed by atoms with van der Waals surface area (Å²) in [7, 11) is -1.34. The Morgan fingerprint density at radius 2 is 1.34 bits per heavy atom. The largest absolute Gasteiger partial charge is 0.488 e. The van der Waals surface area contributed by atoms with Crippen LogP contribution >= 0.6 is 15.9 Å². The van der Waals surface area contributed by atoms with Crippen LogP contribution in [0.2, 0.25) is 0 Å². The summed E-state index contributed by atoms with van der Waals surface area (Å²) in [4.78, 5) is 48.7. The van der Waals surface area contributed by atoms with Gasteiger partial charge in [-0.15, -0.1) is 0 Å². The van der Waals surface area contributed by atoms with E-state index in [4.69, 9.17) is 33.6 Å². The van der Waals surface area contributed by atoms with Crippen LogP contribution in [0.5, 0.6) is 0 Å². The van der Waals surface area contributed by atoms with Crippen LogP contribution in [0, 0.1) is 0 Å². The van der Waals surface area contributed by atoms with Gasteiger partial charge in [0.2, 0.25) is 0 Å². The molecule has 0 saturated carbocycles. The molecule has 0 atom stereocenters. The number of hydrogen-bond donors (Lipinski definition) is 3. The molecule has 196 valence electrons. The molecule has 4 aromatic rings. The number of halogens is 1. The lowest BCUT2D eigenvalue weighted by Crippen LogP contribution is -2.29. The summed E-state index contributed by atoms with van der Waals surface area (Å²) >= 11 is 3.08. The van der Waals surface area contributed by atoms with Crippen molar-refractivity contribution in [3.63, 3.8) is 0 Å². The number of hydrogen-bond acceptors (Lipinski definition) is 9. The molecule has 0 fully saturated rings. The third-order valence-corrected chi connectivity index (χ3v) is 4.79. The third kappa shape index (κ3) is 11.1. The average molecular weight is 585 g/mol. The molecule has 3 N–H and O–H groups in total. The number of benzene rings is 2. The second-order valence-corrected chi connectivity index (χ2v) is 7.92. The van der Waals surface area contributed by atoms with Crippen molar-refractivity contribution in [2.75, 3.05) is 0 Å². The first-order valence-electron chi connectivity index (χ1n) is 10.6. The molecule has 4 rings (SSSR count). The summed E-state index contributed by atoms with van der Waals surface area (Å²) in [6.45, 7) is 2.88. The van der Waals surface area contributed by atoms with Crippen molar-refractivity contribution in [3.05, 3.63) is 101 Å². The molecule has 0 aliphatic rings. The lowest BCUT2D eigenvalue weighted by atomic mass is 9.81. The van der Waals surface area contributed by atoms with Gasteiger partial charge >= 0.3 is 19.2 Å². The van der Waals surface area contributed by atoms with Crippen molar-refractivity contribution < 1.29 is 48.0 Å². The highest BCUT2D eigenvalue weighted by Crippen LogP contribution is 2.23. The molecule has 2 aromatic heterocycles. The van der Waals surface area contributed by atoms with Crippen LogP contribution in [0.25, 0.3) is 11.3 Å². The zero-order chi connectivity index (χ0) is 28.7. The summed E-state index contributed by atoms with van der Waals surface area (Å²) in [5.74, 6) is -0.0718. The van der Waals surface area contributed by atoms with Crippen molar-refractivity contribution in [2.24, 2.45) is 0 Å². The van der Waals surface area contributed by atoms with Crippen LogP contribution in [-0.4, -0.2) is 46.0 Å². The molecule has 0 amide bonds. The van der Waals surface area contributed by atoms with Gasteiger partial charge in [-0.05, 0) is 57.8 Å². The molecule has 38 heavy (non-hydrogen) atoms. The maximum Gasteiger partial charge on any atom is 0.488 e. The normalized spacial score (nSPS) is 9.18. The van der Waals surface area contributed by atoms with Gasteiger partial charge in [-0.3, -0.25) is 9.59 Å². The summed E-state index contributed by atoms with van der Waals surface area (Å²) in [5.41, 5.74) is 1.35. The van der Waals surface area contributed by atoms with Crippen LogP contribution < -0.4 is 5.46 Å². The number of rotatable bonds is 5. The van der Waals surface area contributed by atoms with E-state index in [9.17, 15) is 14.4 Å². The fraction of sp³-hybridized carbons (Fsp3) is 0.0769. The van der Waals surface area contributed by atoms with E-state index in [1.165, 1.54) is 26.0 Å². The molecule has 10 nitrogen and oxygen atoms in total. The predicted octanol–water partition coefficient (Wildman–Crippen LogP) is 3.88. The van der Waals surface area contributed by atoms with Gasteiger partial charge in [-0.25, -0.2) is 4.79 Å². The Balaban J connectivity index is 0.000000292. The van der Waals surface area contributed by atoms with Gasteiger partial charge < -0.3 is 24.0 Å². The van der Waals surface area contributed by atoms with E-state index in [2.05, 4.69) is 15.9 Å². The van der Waals surface area contributed by atoms with E-state index in [0.29, 0.717) is 27.2 Å². The zero-order valence-electron chi connectivity index (χ0n) is 20.2. The van der Waals surface area contributed by atoms with E-state index in [0.717, 1.165) is 0 Å². The first-order valence-corrected chi connectivity index (χ1v) is 11.4. The second-order valence-electron chi connectivity index (χ2n) is 7.13. The number of carbonyl (C=O) groups is 3. The van der Waals surface area contributed by atoms with Gasteiger partial charge in [0.25, 0.3) is 0 Å². The van der Waals surface area contributed by atoms with Crippen LogP contribution in [0.1, 0.15) is 45.3 Å². The Hall–Kier alpha value is -4.35. The Morgan fingerprint density at radius 3 is 1.74 bits per heavy atom.